The van der Waals surface area contributed by atoms with Crippen molar-refractivity contribution in [1.29, 1.82) is 0 Å². The average Bonchev–Trinajstić information content (AvgIpc) is 3.16. The third-order valence-electron chi connectivity index (χ3n) is 3.93. The molecular weight excluding hydrogens is 340 g/mol. The SMILES string of the molecule is O=S(=O)(CCOc1ccccc1)NCc1ccnc(N2CCCC2)n1. The minimum Gasteiger partial charge on any atom is -0.492 e. The van der Waals surface area contributed by atoms with E-state index in [1.807, 2.05) is 18.2 Å². The summed E-state index contributed by atoms with van der Waals surface area (Å²) in [5, 5.41) is 0. The second-order valence-electron chi connectivity index (χ2n) is 5.84. The third kappa shape index (κ3) is 5.40. The minimum atomic E-state index is -3.43. The molecule has 0 bridgehead atoms. The maximum Gasteiger partial charge on any atom is 0.225 e. The molecule has 134 valence electrons. The van der Waals surface area contributed by atoms with Gasteiger partial charge in [-0.3, -0.25) is 0 Å². The zero-order chi connectivity index (χ0) is 17.5. The monoisotopic (exact) mass is 362 g/mol. The van der Waals surface area contributed by atoms with Gasteiger partial charge in [-0.1, -0.05) is 18.2 Å². The number of para-hydroxylation sites is 1. The first-order valence-corrected chi connectivity index (χ1v) is 10.00. The Morgan fingerprint density at radius 2 is 1.88 bits per heavy atom. The number of benzene rings is 1. The van der Waals surface area contributed by atoms with E-state index in [0.717, 1.165) is 25.9 Å². The van der Waals surface area contributed by atoms with Crippen molar-refractivity contribution >= 4 is 16.0 Å². The van der Waals surface area contributed by atoms with Crippen molar-refractivity contribution < 1.29 is 13.2 Å². The van der Waals surface area contributed by atoms with E-state index in [4.69, 9.17) is 4.74 Å². The van der Waals surface area contributed by atoms with Crippen LogP contribution in [0.1, 0.15) is 18.5 Å². The van der Waals surface area contributed by atoms with Gasteiger partial charge in [0.15, 0.2) is 0 Å². The number of aromatic nitrogens is 2. The molecular formula is C17H22N4O3S. The number of nitrogens with one attached hydrogen (secondary N) is 1. The Hall–Kier alpha value is -2.19. The first-order chi connectivity index (χ1) is 12.1. The zero-order valence-corrected chi connectivity index (χ0v) is 14.8. The van der Waals surface area contributed by atoms with Crippen LogP contribution >= 0.6 is 0 Å². The van der Waals surface area contributed by atoms with Gasteiger partial charge < -0.3 is 9.64 Å². The second-order valence-corrected chi connectivity index (χ2v) is 7.77. The molecule has 0 amide bonds. The van der Waals surface area contributed by atoms with E-state index in [0.29, 0.717) is 17.4 Å². The number of hydrogen-bond donors (Lipinski definition) is 1. The van der Waals surface area contributed by atoms with E-state index in [-0.39, 0.29) is 18.9 Å². The van der Waals surface area contributed by atoms with Gasteiger partial charge in [-0.15, -0.1) is 0 Å². The van der Waals surface area contributed by atoms with E-state index in [1.165, 1.54) is 0 Å². The Morgan fingerprint density at radius 1 is 1.12 bits per heavy atom. The van der Waals surface area contributed by atoms with Crippen molar-refractivity contribution in [3.8, 4) is 5.75 Å². The Bertz CT molecular complexity index is 777. The van der Waals surface area contributed by atoms with Crippen LogP contribution in [0.3, 0.4) is 0 Å². The first kappa shape index (κ1) is 17.6. The van der Waals surface area contributed by atoms with E-state index >= 15 is 0 Å². The number of ether oxygens (including phenoxy) is 1. The molecule has 1 aromatic carbocycles. The molecule has 1 aliphatic heterocycles. The smallest absolute Gasteiger partial charge is 0.225 e. The molecule has 0 saturated carbocycles. The highest BCUT2D eigenvalue weighted by molar-refractivity contribution is 7.89. The fourth-order valence-corrected chi connectivity index (χ4v) is 3.41. The lowest BCUT2D eigenvalue weighted by Gasteiger charge is -2.15. The van der Waals surface area contributed by atoms with Crippen molar-refractivity contribution in [2.24, 2.45) is 0 Å². The molecule has 0 spiro atoms. The highest BCUT2D eigenvalue weighted by atomic mass is 32.2. The molecule has 2 heterocycles. The maximum atomic E-state index is 12.1. The summed E-state index contributed by atoms with van der Waals surface area (Å²) in [6.07, 6.45) is 3.95. The summed E-state index contributed by atoms with van der Waals surface area (Å²) in [4.78, 5) is 10.8. The summed E-state index contributed by atoms with van der Waals surface area (Å²) in [6, 6.07) is 10.9. The van der Waals surface area contributed by atoms with Crippen molar-refractivity contribution in [3.63, 3.8) is 0 Å². The standard InChI is InChI=1S/C17H22N4O3S/c22-25(23,13-12-24-16-6-2-1-3-7-16)19-14-15-8-9-18-17(20-15)21-10-4-5-11-21/h1-3,6-9,19H,4-5,10-14H2. The molecule has 1 aliphatic rings. The lowest BCUT2D eigenvalue weighted by atomic mass is 10.3. The number of nitrogens with zero attached hydrogens (tertiary/aromatic N) is 3. The van der Waals surface area contributed by atoms with E-state index in [1.54, 1.807) is 24.4 Å². The van der Waals surface area contributed by atoms with Gasteiger partial charge >= 0.3 is 0 Å². The van der Waals surface area contributed by atoms with Gasteiger partial charge in [0.25, 0.3) is 0 Å². The second kappa shape index (κ2) is 8.26. The van der Waals surface area contributed by atoms with E-state index in [2.05, 4.69) is 19.6 Å². The Kier molecular flexibility index (Phi) is 5.83. The topological polar surface area (TPSA) is 84.4 Å². The van der Waals surface area contributed by atoms with E-state index < -0.39 is 10.0 Å². The molecule has 1 fully saturated rings. The molecule has 0 radical (unpaired) electrons. The van der Waals surface area contributed by atoms with Crippen molar-refractivity contribution in [1.82, 2.24) is 14.7 Å². The van der Waals surface area contributed by atoms with Crippen LogP contribution in [0, 0.1) is 0 Å². The molecule has 0 atom stereocenters. The quantitative estimate of drug-likeness (QED) is 0.767. The Balaban J connectivity index is 1.49. The van der Waals surface area contributed by atoms with Crippen LogP contribution in [0.25, 0.3) is 0 Å². The summed E-state index contributed by atoms with van der Waals surface area (Å²) in [6.45, 7) is 2.15. The molecule has 7 nitrogen and oxygen atoms in total. The fourth-order valence-electron chi connectivity index (χ4n) is 2.59. The molecule has 0 unspecified atom stereocenters. The van der Waals surface area contributed by atoms with Crippen LogP contribution in [0.5, 0.6) is 5.75 Å². The molecule has 2 aromatic rings. The maximum absolute atomic E-state index is 12.1. The number of sulfonamides is 1. The van der Waals surface area contributed by atoms with Gasteiger partial charge in [0, 0.05) is 19.3 Å². The van der Waals surface area contributed by atoms with Gasteiger partial charge in [-0.05, 0) is 31.0 Å². The van der Waals surface area contributed by atoms with Gasteiger partial charge in [-0.2, -0.15) is 0 Å². The van der Waals surface area contributed by atoms with Crippen molar-refractivity contribution in [2.45, 2.75) is 19.4 Å². The summed E-state index contributed by atoms with van der Waals surface area (Å²) in [5.41, 5.74) is 0.657. The van der Waals surface area contributed by atoms with E-state index in [9.17, 15) is 8.42 Å². The molecule has 25 heavy (non-hydrogen) atoms. The average molecular weight is 362 g/mol. The van der Waals surface area contributed by atoms with Crippen LogP contribution in [0.15, 0.2) is 42.6 Å². The van der Waals surface area contributed by atoms with Crippen LogP contribution in [0.2, 0.25) is 0 Å². The van der Waals surface area contributed by atoms with Gasteiger partial charge in [0.1, 0.15) is 12.4 Å². The molecule has 0 aliphatic carbocycles. The normalized spacial score (nSPS) is 14.6. The lowest BCUT2D eigenvalue weighted by Crippen LogP contribution is -2.29. The summed E-state index contributed by atoms with van der Waals surface area (Å²) >= 11 is 0. The first-order valence-electron chi connectivity index (χ1n) is 8.34. The summed E-state index contributed by atoms with van der Waals surface area (Å²) in [5.74, 6) is 1.22. The predicted octanol–water partition coefficient (Wildman–Crippen LogP) is 1.58. The number of hydrogen-bond acceptors (Lipinski definition) is 6. The lowest BCUT2D eigenvalue weighted by molar-refractivity contribution is 0.340. The Morgan fingerprint density at radius 3 is 2.64 bits per heavy atom. The van der Waals surface area contributed by atoms with Crippen LogP contribution in [0.4, 0.5) is 5.95 Å². The van der Waals surface area contributed by atoms with Gasteiger partial charge in [0.05, 0.1) is 18.0 Å². The Labute approximate surface area is 148 Å². The minimum absolute atomic E-state index is 0.0994. The number of rotatable bonds is 8. The largest absolute Gasteiger partial charge is 0.492 e. The molecule has 1 aromatic heterocycles. The molecule has 8 heteroatoms. The fraction of sp³-hybridized carbons (Fsp3) is 0.412. The highest BCUT2D eigenvalue weighted by Crippen LogP contribution is 2.15. The highest BCUT2D eigenvalue weighted by Gasteiger charge is 2.16. The number of anilines is 1. The molecule has 3 rings (SSSR count). The van der Waals surface area contributed by atoms with Crippen LogP contribution in [-0.2, 0) is 16.6 Å². The van der Waals surface area contributed by atoms with Gasteiger partial charge in [0.2, 0.25) is 16.0 Å². The predicted molar refractivity (Wildman–Crippen MR) is 96.0 cm³/mol. The molecule has 1 N–H and O–H groups in total. The summed E-state index contributed by atoms with van der Waals surface area (Å²) < 4.78 is 32.2. The van der Waals surface area contributed by atoms with Crippen molar-refractivity contribution in [3.05, 3.63) is 48.3 Å². The van der Waals surface area contributed by atoms with Crippen LogP contribution in [-0.4, -0.2) is 43.8 Å². The van der Waals surface area contributed by atoms with Crippen LogP contribution < -0.4 is 14.4 Å². The van der Waals surface area contributed by atoms with Crippen molar-refractivity contribution in [2.75, 3.05) is 30.3 Å². The third-order valence-corrected chi connectivity index (χ3v) is 5.21. The van der Waals surface area contributed by atoms with Gasteiger partial charge in [-0.25, -0.2) is 23.1 Å². The molecule has 1 saturated heterocycles. The zero-order valence-electron chi connectivity index (χ0n) is 14.0. The summed E-state index contributed by atoms with van der Waals surface area (Å²) in [7, 11) is -3.43.